The van der Waals surface area contributed by atoms with E-state index in [1.54, 1.807) is 31.3 Å². The van der Waals surface area contributed by atoms with E-state index >= 15 is 0 Å². The van der Waals surface area contributed by atoms with E-state index in [0.717, 1.165) is 17.8 Å². The van der Waals surface area contributed by atoms with Gasteiger partial charge in [-0.2, -0.15) is 18.4 Å². The molecule has 0 aliphatic carbocycles. The van der Waals surface area contributed by atoms with Crippen LogP contribution >= 0.6 is 0 Å². The van der Waals surface area contributed by atoms with E-state index < -0.39 is 29.4 Å². The molecule has 3 heterocycles. The van der Waals surface area contributed by atoms with Crippen LogP contribution in [0.4, 0.5) is 24.8 Å². The third kappa shape index (κ3) is 6.23. The van der Waals surface area contributed by atoms with Crippen molar-refractivity contribution in [3.8, 4) is 6.07 Å². The summed E-state index contributed by atoms with van der Waals surface area (Å²) >= 11 is 0. The Kier molecular flexibility index (Phi) is 8.36. The van der Waals surface area contributed by atoms with Crippen LogP contribution in [0.3, 0.4) is 0 Å². The average molecular weight is 619 g/mol. The Hall–Kier alpha value is -5.22. The number of ether oxygens (including phenoxy) is 1. The fourth-order valence-electron chi connectivity index (χ4n) is 5.67. The van der Waals surface area contributed by atoms with Gasteiger partial charge in [0.05, 0.1) is 56.2 Å². The molecule has 1 unspecified atom stereocenters. The summed E-state index contributed by atoms with van der Waals surface area (Å²) in [5, 5.41) is 16.3. The van der Waals surface area contributed by atoms with Gasteiger partial charge in [0.25, 0.3) is 0 Å². The van der Waals surface area contributed by atoms with E-state index in [4.69, 9.17) is 4.74 Å². The molecule has 0 radical (unpaired) electrons. The highest BCUT2D eigenvalue weighted by Crippen LogP contribution is 2.43. The van der Waals surface area contributed by atoms with E-state index in [0.29, 0.717) is 40.7 Å². The summed E-state index contributed by atoms with van der Waals surface area (Å²) in [7, 11) is 5.30. The predicted octanol–water partition coefficient (Wildman–Crippen LogP) is 4.86. The maximum Gasteiger partial charge on any atom is 0.416 e. The van der Waals surface area contributed by atoms with E-state index in [9.17, 15) is 28.0 Å². The lowest BCUT2D eigenvalue weighted by Gasteiger charge is -2.36. The number of allylic oxidation sites excluding steroid dienone is 1. The lowest BCUT2D eigenvalue weighted by molar-refractivity contribution is -0.903. The number of likely N-dealkylation sites (N-methyl/N-ethyl adjacent to an activating group) is 1. The van der Waals surface area contributed by atoms with E-state index in [1.165, 1.54) is 28.7 Å². The van der Waals surface area contributed by atoms with E-state index in [1.807, 2.05) is 18.2 Å². The van der Waals surface area contributed by atoms with Crippen LogP contribution < -0.4 is 10.6 Å². The highest BCUT2D eigenvalue weighted by molar-refractivity contribution is 5.93. The summed E-state index contributed by atoms with van der Waals surface area (Å²) in [5.41, 5.74) is 1.32. The molecular weight excluding hydrogens is 587 g/mol. The van der Waals surface area contributed by atoms with E-state index in [2.05, 4.69) is 35.3 Å². The number of esters is 1. The van der Waals surface area contributed by atoms with Crippen LogP contribution in [0.15, 0.2) is 82.9 Å². The first-order valence-corrected chi connectivity index (χ1v) is 14.0. The number of quaternary nitrogens is 1. The van der Waals surface area contributed by atoms with Crippen molar-refractivity contribution in [1.82, 2.24) is 19.7 Å². The minimum Gasteiger partial charge on any atom is -0.466 e. The second-order valence-corrected chi connectivity index (χ2v) is 11.4. The van der Waals surface area contributed by atoms with Gasteiger partial charge in [0.15, 0.2) is 0 Å². The normalized spacial score (nSPS) is 15.1. The molecule has 0 amide bonds. The lowest BCUT2D eigenvalue weighted by atomic mass is 9.89. The minimum absolute atomic E-state index is 0.00366. The monoisotopic (exact) mass is 618 g/mol. The van der Waals surface area contributed by atoms with Crippen LogP contribution in [0.1, 0.15) is 40.9 Å². The van der Waals surface area contributed by atoms with Gasteiger partial charge in [-0.25, -0.2) is 19.3 Å². The Labute approximate surface area is 257 Å². The molecule has 13 heteroatoms. The molecule has 10 nitrogen and oxygen atoms in total. The number of aromatic nitrogens is 4. The first-order chi connectivity index (χ1) is 21.3. The van der Waals surface area contributed by atoms with Gasteiger partial charge in [0.2, 0.25) is 5.95 Å². The Morgan fingerprint density at radius 3 is 2.58 bits per heavy atom. The number of aromatic amines is 1. The zero-order chi connectivity index (χ0) is 32.5. The lowest BCUT2D eigenvalue weighted by Crippen LogP contribution is -2.41. The number of nitrogens with one attached hydrogen (secondary N) is 1. The van der Waals surface area contributed by atoms with Gasteiger partial charge in [0, 0.05) is 24.0 Å². The minimum atomic E-state index is -4.62. The second-order valence-electron chi connectivity index (χ2n) is 11.4. The molecule has 1 N–H and O–H groups in total. The molecule has 0 bridgehead atoms. The molecular formula is C32H31F3N7O3+. The van der Waals surface area contributed by atoms with Crippen molar-refractivity contribution in [1.29, 1.82) is 5.26 Å². The fraction of sp³-hybridized carbons (Fsp3) is 0.281. The van der Waals surface area contributed by atoms with Gasteiger partial charge < -0.3 is 9.22 Å². The number of alkyl halides is 3. The van der Waals surface area contributed by atoms with Crippen LogP contribution in [0.5, 0.6) is 0 Å². The number of carbonyl (C=O) groups is 1. The third-order valence-corrected chi connectivity index (χ3v) is 7.85. The number of benzene rings is 2. The number of nitrogens with zero attached hydrogens (tertiary/aromatic N) is 6. The number of hydrogen-bond donors (Lipinski definition) is 1. The smallest absolute Gasteiger partial charge is 0.416 e. The molecule has 45 heavy (non-hydrogen) atoms. The Balaban J connectivity index is 1.65. The summed E-state index contributed by atoms with van der Waals surface area (Å²) in [6.07, 6.45) is -2.42. The number of nitriles is 1. The summed E-state index contributed by atoms with van der Waals surface area (Å²) < 4.78 is 47.9. The van der Waals surface area contributed by atoms with Gasteiger partial charge >= 0.3 is 17.8 Å². The van der Waals surface area contributed by atoms with Crippen LogP contribution in [0.2, 0.25) is 0 Å². The van der Waals surface area contributed by atoms with Crippen molar-refractivity contribution < 1.29 is 27.2 Å². The molecule has 0 spiro atoms. The molecule has 2 aromatic carbocycles. The SMILES string of the molecule is COC(=O)C1=C(C)N(c2cccc(C(F)(F)F)c2)c2n[nH]c(=O)n2C1c1ccc(C#N)cc1CC[N+](C)(C)Cc1ccccn1. The molecule has 0 fully saturated rings. The highest BCUT2D eigenvalue weighted by Gasteiger charge is 2.41. The third-order valence-electron chi connectivity index (χ3n) is 7.85. The summed E-state index contributed by atoms with van der Waals surface area (Å²) in [5.74, 6) is -0.772. The van der Waals surface area contributed by atoms with Crippen LogP contribution in [0, 0.1) is 11.3 Å². The quantitative estimate of drug-likeness (QED) is 0.221. The highest BCUT2D eigenvalue weighted by atomic mass is 19.4. The molecule has 0 saturated carbocycles. The summed E-state index contributed by atoms with van der Waals surface area (Å²) in [6, 6.07) is 16.4. The predicted molar refractivity (Wildman–Crippen MR) is 159 cm³/mol. The largest absolute Gasteiger partial charge is 0.466 e. The van der Waals surface area contributed by atoms with Crippen LogP contribution in [0.25, 0.3) is 0 Å². The van der Waals surface area contributed by atoms with Gasteiger partial charge in [-0.3, -0.25) is 9.88 Å². The fourth-order valence-corrected chi connectivity index (χ4v) is 5.67. The molecule has 1 aliphatic rings. The number of halogens is 3. The number of methoxy groups -OCH3 is 1. The Morgan fingerprint density at radius 2 is 1.91 bits per heavy atom. The summed E-state index contributed by atoms with van der Waals surface area (Å²) in [6.45, 7) is 2.82. The Bertz CT molecular complexity index is 1870. The van der Waals surface area contributed by atoms with Gasteiger partial charge in [-0.05, 0) is 60.5 Å². The zero-order valence-electron chi connectivity index (χ0n) is 25.1. The number of H-pyrrole nitrogens is 1. The maximum absolute atomic E-state index is 13.7. The molecule has 1 aliphatic heterocycles. The van der Waals surface area contributed by atoms with Gasteiger partial charge in [0.1, 0.15) is 12.6 Å². The van der Waals surface area contributed by atoms with Crippen molar-refractivity contribution >= 4 is 17.6 Å². The molecule has 4 aromatic rings. The summed E-state index contributed by atoms with van der Waals surface area (Å²) in [4.78, 5) is 32.6. The molecule has 232 valence electrons. The topological polar surface area (TPSA) is 117 Å². The Morgan fingerprint density at radius 1 is 1.13 bits per heavy atom. The average Bonchev–Trinajstić information content (AvgIpc) is 3.39. The zero-order valence-corrected chi connectivity index (χ0v) is 25.1. The van der Waals surface area contributed by atoms with Crippen molar-refractivity contribution in [3.63, 3.8) is 0 Å². The molecule has 0 saturated heterocycles. The van der Waals surface area contributed by atoms with Crippen molar-refractivity contribution in [3.05, 3.63) is 117 Å². The second kappa shape index (κ2) is 12.0. The number of fused-ring (bicyclic) bond motifs is 1. The van der Waals surface area contributed by atoms with Crippen molar-refractivity contribution in [2.24, 2.45) is 0 Å². The number of anilines is 2. The first kappa shape index (κ1) is 31.2. The van der Waals surface area contributed by atoms with Crippen molar-refractivity contribution in [2.45, 2.75) is 32.1 Å². The van der Waals surface area contributed by atoms with Crippen molar-refractivity contribution in [2.75, 3.05) is 32.6 Å². The number of hydrogen-bond acceptors (Lipinski definition) is 7. The van der Waals surface area contributed by atoms with Crippen LogP contribution in [-0.4, -0.2) is 58.0 Å². The molecule has 1 atom stereocenters. The van der Waals surface area contributed by atoms with E-state index in [-0.39, 0.29) is 22.9 Å². The van der Waals surface area contributed by atoms with Gasteiger partial charge in [-0.1, -0.05) is 18.2 Å². The molecule has 2 aromatic heterocycles. The number of carbonyl (C=O) groups excluding carboxylic acids is 1. The van der Waals surface area contributed by atoms with Gasteiger partial charge in [-0.15, -0.1) is 5.10 Å². The number of rotatable bonds is 8. The maximum atomic E-state index is 13.7. The first-order valence-electron chi connectivity index (χ1n) is 14.0. The molecule has 5 rings (SSSR count). The standard InChI is InChI=1S/C32H30F3N7O3/c1-20-27(29(43)45-4)28(41-30(38-39-31(41)44)40(20)25-10-7-8-23(17-25)32(33,34)35)26-12-11-21(18-36)16-22(26)13-15-42(2,3)19-24-9-5-6-14-37-24/h5-12,14,16-17,28H,13,15,19H2,1-4H3/p+1. The number of pyridine rings is 1. The van der Waals surface area contributed by atoms with Crippen LogP contribution in [-0.2, 0) is 28.7 Å².